The lowest BCUT2D eigenvalue weighted by molar-refractivity contribution is 0.284. The van der Waals surface area contributed by atoms with Crippen molar-refractivity contribution in [2.24, 2.45) is 0 Å². The molecule has 0 atom stereocenters. The number of nitrogens with one attached hydrogen (secondary N) is 1. The maximum absolute atomic E-state index is 6.18. The summed E-state index contributed by atoms with van der Waals surface area (Å²) in [5.74, 6) is 1.37. The Kier molecular flexibility index (Phi) is 6.49. The first-order valence-electron chi connectivity index (χ1n) is 8.60. The molecule has 3 aromatic rings. The van der Waals surface area contributed by atoms with Crippen molar-refractivity contribution in [1.82, 2.24) is 0 Å². The third-order valence-electron chi connectivity index (χ3n) is 4.25. The van der Waals surface area contributed by atoms with E-state index in [-0.39, 0.29) is 0 Å². The van der Waals surface area contributed by atoms with E-state index in [9.17, 15) is 0 Å². The van der Waals surface area contributed by atoms with E-state index in [0.717, 1.165) is 22.4 Å². The molecule has 3 rings (SSSR count). The number of hydrogen-bond acceptors (Lipinski definition) is 3. The smallest absolute Gasteiger partial charge is 0.161 e. The molecule has 0 aliphatic carbocycles. The first kappa shape index (κ1) is 19.4. The van der Waals surface area contributed by atoms with Crippen LogP contribution in [0, 0.1) is 6.92 Å². The van der Waals surface area contributed by atoms with Gasteiger partial charge in [0.05, 0.1) is 7.11 Å². The quantitative estimate of drug-likeness (QED) is 0.489. The zero-order valence-corrected chi connectivity index (χ0v) is 16.8. The molecular weight excluding hydrogens is 381 g/mol. The molecule has 0 saturated heterocycles. The van der Waals surface area contributed by atoms with E-state index in [4.69, 9.17) is 32.7 Å². The number of anilines is 1. The average Bonchev–Trinajstić information content (AvgIpc) is 2.68. The molecule has 0 radical (unpaired) electrons. The number of rotatable bonds is 7. The molecule has 0 unspecified atom stereocenters. The zero-order valence-electron chi connectivity index (χ0n) is 15.3. The van der Waals surface area contributed by atoms with Gasteiger partial charge in [0, 0.05) is 27.8 Å². The predicted octanol–water partition coefficient (Wildman–Crippen LogP) is 6.50. The Labute approximate surface area is 169 Å². The molecule has 0 heterocycles. The molecule has 3 nitrogen and oxygen atoms in total. The fourth-order valence-corrected chi connectivity index (χ4v) is 3.06. The summed E-state index contributed by atoms with van der Waals surface area (Å²) in [6.45, 7) is 3.09. The second-order valence-electron chi connectivity index (χ2n) is 6.18. The van der Waals surface area contributed by atoms with E-state index < -0.39 is 0 Å². The van der Waals surface area contributed by atoms with Gasteiger partial charge >= 0.3 is 0 Å². The van der Waals surface area contributed by atoms with Crippen LogP contribution in [0.5, 0.6) is 11.5 Å². The summed E-state index contributed by atoms with van der Waals surface area (Å²) in [5.41, 5.74) is 4.17. The number of hydrogen-bond donors (Lipinski definition) is 1. The number of methoxy groups -OCH3 is 1. The Morgan fingerprint density at radius 1 is 0.926 bits per heavy atom. The Morgan fingerprint density at radius 2 is 1.74 bits per heavy atom. The highest BCUT2D eigenvalue weighted by molar-refractivity contribution is 6.31. The van der Waals surface area contributed by atoms with Gasteiger partial charge in [0.25, 0.3) is 0 Å². The molecule has 0 spiro atoms. The van der Waals surface area contributed by atoms with Crippen molar-refractivity contribution in [1.29, 1.82) is 0 Å². The van der Waals surface area contributed by atoms with Crippen LogP contribution in [0.1, 0.15) is 16.7 Å². The molecule has 0 bridgehead atoms. The minimum absolute atomic E-state index is 0.384. The van der Waals surface area contributed by atoms with E-state index in [1.165, 1.54) is 0 Å². The predicted molar refractivity (Wildman–Crippen MR) is 112 cm³/mol. The number of benzene rings is 3. The van der Waals surface area contributed by atoms with Crippen molar-refractivity contribution in [2.45, 2.75) is 20.1 Å². The fourth-order valence-electron chi connectivity index (χ4n) is 2.69. The minimum Gasteiger partial charge on any atom is -0.493 e. The zero-order chi connectivity index (χ0) is 19.2. The molecule has 3 aromatic carbocycles. The maximum Gasteiger partial charge on any atom is 0.161 e. The van der Waals surface area contributed by atoms with Gasteiger partial charge < -0.3 is 14.8 Å². The van der Waals surface area contributed by atoms with E-state index in [1.807, 2.05) is 67.6 Å². The van der Waals surface area contributed by atoms with E-state index >= 15 is 0 Å². The second-order valence-corrected chi connectivity index (χ2v) is 7.02. The number of ether oxygens (including phenoxy) is 2. The highest BCUT2D eigenvalue weighted by Gasteiger charge is 2.08. The number of aryl methyl sites for hydroxylation is 1. The Bertz CT molecular complexity index is 928. The van der Waals surface area contributed by atoms with Gasteiger partial charge in [-0.2, -0.15) is 0 Å². The van der Waals surface area contributed by atoms with Gasteiger partial charge in [0.2, 0.25) is 0 Å². The molecule has 0 aliphatic rings. The standard InChI is InChI=1S/C22H21Cl2NO2/c1-15-7-9-18(23)12-20(15)25-13-16-8-10-21(22(11-16)26-2)27-14-17-5-3-4-6-19(17)24/h3-12,25H,13-14H2,1-2H3. The normalized spacial score (nSPS) is 10.5. The van der Waals surface area contributed by atoms with Crippen molar-refractivity contribution < 1.29 is 9.47 Å². The molecule has 5 heteroatoms. The third-order valence-corrected chi connectivity index (χ3v) is 4.86. The molecule has 0 amide bonds. The third kappa shape index (κ3) is 5.09. The van der Waals surface area contributed by atoms with Crippen LogP contribution in [-0.4, -0.2) is 7.11 Å². The Morgan fingerprint density at radius 3 is 2.52 bits per heavy atom. The van der Waals surface area contributed by atoms with Crippen molar-refractivity contribution >= 4 is 28.9 Å². The summed E-state index contributed by atoms with van der Waals surface area (Å²) >= 11 is 12.3. The first-order chi connectivity index (χ1) is 13.1. The highest BCUT2D eigenvalue weighted by Crippen LogP contribution is 2.30. The highest BCUT2D eigenvalue weighted by atomic mass is 35.5. The van der Waals surface area contributed by atoms with Gasteiger partial charge in [-0.25, -0.2) is 0 Å². The van der Waals surface area contributed by atoms with Crippen LogP contribution in [0.2, 0.25) is 10.0 Å². The van der Waals surface area contributed by atoms with Crippen LogP contribution in [0.3, 0.4) is 0 Å². The van der Waals surface area contributed by atoms with Gasteiger partial charge in [-0.3, -0.25) is 0 Å². The molecule has 0 fully saturated rings. The van der Waals surface area contributed by atoms with Gasteiger partial charge in [-0.1, -0.05) is 53.5 Å². The number of halogens is 2. The lowest BCUT2D eigenvalue weighted by Crippen LogP contribution is -2.03. The SMILES string of the molecule is COc1cc(CNc2cc(Cl)ccc2C)ccc1OCc1ccccc1Cl. The van der Waals surface area contributed by atoms with E-state index in [2.05, 4.69) is 5.32 Å². The summed E-state index contributed by atoms with van der Waals surface area (Å²) in [4.78, 5) is 0. The van der Waals surface area contributed by atoms with E-state index in [1.54, 1.807) is 7.11 Å². The largest absolute Gasteiger partial charge is 0.493 e. The fraction of sp³-hybridized carbons (Fsp3) is 0.182. The van der Waals surface area contributed by atoms with Crippen molar-refractivity contribution in [3.8, 4) is 11.5 Å². The average molecular weight is 402 g/mol. The monoisotopic (exact) mass is 401 g/mol. The lowest BCUT2D eigenvalue weighted by atomic mass is 10.1. The first-order valence-corrected chi connectivity index (χ1v) is 9.35. The van der Waals surface area contributed by atoms with Gasteiger partial charge in [0.15, 0.2) is 11.5 Å². The molecule has 0 aliphatic heterocycles. The Hall–Kier alpha value is -2.36. The summed E-state index contributed by atoms with van der Waals surface area (Å²) in [6.07, 6.45) is 0. The van der Waals surface area contributed by atoms with Gasteiger partial charge in [-0.15, -0.1) is 0 Å². The van der Waals surface area contributed by atoms with Crippen LogP contribution in [0.25, 0.3) is 0 Å². The van der Waals surface area contributed by atoms with Crippen molar-refractivity contribution in [3.63, 3.8) is 0 Å². The molecule has 1 N–H and O–H groups in total. The second kappa shape index (κ2) is 9.03. The molecule has 0 aromatic heterocycles. The lowest BCUT2D eigenvalue weighted by Gasteiger charge is -2.14. The molecular formula is C22H21Cl2NO2. The van der Waals surface area contributed by atoms with Crippen molar-refractivity contribution in [2.75, 3.05) is 12.4 Å². The Balaban J connectivity index is 1.68. The van der Waals surface area contributed by atoms with Crippen LogP contribution in [0.4, 0.5) is 5.69 Å². The summed E-state index contributed by atoms with van der Waals surface area (Å²) < 4.78 is 11.4. The molecule has 27 heavy (non-hydrogen) atoms. The van der Waals surface area contributed by atoms with Crippen LogP contribution >= 0.6 is 23.2 Å². The summed E-state index contributed by atoms with van der Waals surface area (Å²) in [7, 11) is 1.63. The minimum atomic E-state index is 0.384. The van der Waals surface area contributed by atoms with Gasteiger partial charge in [0.1, 0.15) is 6.61 Å². The van der Waals surface area contributed by atoms with E-state index in [0.29, 0.717) is 34.7 Å². The summed E-state index contributed by atoms with van der Waals surface area (Å²) in [5, 5.41) is 4.81. The molecule has 0 saturated carbocycles. The topological polar surface area (TPSA) is 30.5 Å². The maximum atomic E-state index is 6.18. The van der Waals surface area contributed by atoms with Crippen LogP contribution in [0.15, 0.2) is 60.7 Å². The van der Waals surface area contributed by atoms with Crippen LogP contribution < -0.4 is 14.8 Å². The van der Waals surface area contributed by atoms with Crippen LogP contribution in [-0.2, 0) is 13.2 Å². The van der Waals surface area contributed by atoms with Gasteiger partial charge in [-0.05, 0) is 48.4 Å². The van der Waals surface area contributed by atoms with Crippen molar-refractivity contribution in [3.05, 3.63) is 87.4 Å². The summed E-state index contributed by atoms with van der Waals surface area (Å²) in [6, 6.07) is 19.3. The molecule has 140 valence electrons.